The summed E-state index contributed by atoms with van der Waals surface area (Å²) in [7, 11) is 0. The molecule has 4 rings (SSSR count). The number of fused-ring (bicyclic) bond motifs is 1. The van der Waals surface area contributed by atoms with Crippen molar-refractivity contribution < 1.29 is 9.59 Å². The quantitative estimate of drug-likeness (QED) is 0.743. The van der Waals surface area contributed by atoms with E-state index < -0.39 is 11.2 Å². The van der Waals surface area contributed by atoms with Crippen LogP contribution in [0.3, 0.4) is 0 Å². The molecule has 0 bridgehead atoms. The van der Waals surface area contributed by atoms with Crippen LogP contribution in [0.4, 0.5) is 5.69 Å². The lowest BCUT2D eigenvalue weighted by Crippen LogP contribution is -2.46. The van der Waals surface area contributed by atoms with E-state index in [0.29, 0.717) is 0 Å². The third kappa shape index (κ3) is 3.75. The number of pyridine rings is 1. The minimum Gasteiger partial charge on any atom is -0.308 e. The van der Waals surface area contributed by atoms with Crippen molar-refractivity contribution in [3.05, 3.63) is 59.9 Å². The standard InChI is InChI=1S/C21H22ClN3O2/c22-20(26)13-18-17-6-1-2-7-19(17)25(21(18)27)16-8-11-24(12-9-16)14-15-5-3-4-10-23-15/h1-7,10,16,18H,8-9,11-14H2. The number of hydrogen-bond acceptors (Lipinski definition) is 4. The lowest BCUT2D eigenvalue weighted by molar-refractivity contribution is -0.122. The normalized spacial score (nSPS) is 20.7. The van der Waals surface area contributed by atoms with Gasteiger partial charge in [0.15, 0.2) is 0 Å². The van der Waals surface area contributed by atoms with Crippen LogP contribution in [0.2, 0.25) is 0 Å². The Balaban J connectivity index is 1.46. The molecule has 1 aromatic heterocycles. The largest absolute Gasteiger partial charge is 0.308 e. The predicted octanol–water partition coefficient (Wildman–Crippen LogP) is 3.33. The number of piperidine rings is 1. The Bertz CT molecular complexity index is 834. The van der Waals surface area contributed by atoms with Crippen molar-refractivity contribution in [3.63, 3.8) is 0 Å². The summed E-state index contributed by atoms with van der Waals surface area (Å²) in [4.78, 5) is 33.2. The van der Waals surface area contributed by atoms with Gasteiger partial charge < -0.3 is 4.90 Å². The van der Waals surface area contributed by atoms with Crippen molar-refractivity contribution >= 4 is 28.4 Å². The molecule has 3 heterocycles. The Morgan fingerprint density at radius 1 is 1.11 bits per heavy atom. The monoisotopic (exact) mass is 383 g/mol. The third-order valence-corrected chi connectivity index (χ3v) is 5.66. The SMILES string of the molecule is O=C(Cl)CC1C(=O)N(C2CCN(Cc3ccccn3)CC2)c2ccccc21. The van der Waals surface area contributed by atoms with Crippen molar-refractivity contribution in [2.24, 2.45) is 0 Å². The van der Waals surface area contributed by atoms with Gasteiger partial charge >= 0.3 is 0 Å². The molecule has 0 spiro atoms. The number of rotatable bonds is 5. The highest BCUT2D eigenvalue weighted by atomic mass is 35.5. The van der Waals surface area contributed by atoms with Crippen LogP contribution >= 0.6 is 11.6 Å². The Hall–Kier alpha value is -2.24. The van der Waals surface area contributed by atoms with Gasteiger partial charge in [-0.3, -0.25) is 19.5 Å². The lowest BCUT2D eigenvalue weighted by atomic mass is 9.98. The molecule has 1 saturated heterocycles. The number of halogens is 1. The van der Waals surface area contributed by atoms with Gasteiger partial charge in [-0.1, -0.05) is 24.3 Å². The average molecular weight is 384 g/mol. The van der Waals surface area contributed by atoms with E-state index in [1.165, 1.54) is 0 Å². The Morgan fingerprint density at radius 3 is 2.56 bits per heavy atom. The van der Waals surface area contributed by atoms with E-state index in [-0.39, 0.29) is 18.4 Å². The van der Waals surface area contributed by atoms with Crippen LogP contribution in [-0.2, 0) is 16.1 Å². The minimum atomic E-state index is -0.463. The molecule has 0 aliphatic carbocycles. The summed E-state index contributed by atoms with van der Waals surface area (Å²) >= 11 is 5.60. The molecule has 1 fully saturated rings. The third-order valence-electron chi connectivity index (χ3n) is 5.51. The summed E-state index contributed by atoms with van der Waals surface area (Å²) in [5.41, 5.74) is 2.93. The Labute approximate surface area is 163 Å². The summed E-state index contributed by atoms with van der Waals surface area (Å²) in [6, 6.07) is 13.9. The molecule has 2 aromatic rings. The molecule has 0 N–H and O–H groups in total. The maximum Gasteiger partial charge on any atom is 0.235 e. The number of nitrogens with zero attached hydrogens (tertiary/aromatic N) is 3. The molecule has 1 aromatic carbocycles. The number of para-hydroxylation sites is 1. The van der Waals surface area contributed by atoms with Gasteiger partial charge in [0.2, 0.25) is 11.1 Å². The molecule has 2 aliphatic rings. The van der Waals surface area contributed by atoms with Crippen LogP contribution in [0, 0.1) is 0 Å². The summed E-state index contributed by atoms with van der Waals surface area (Å²) in [5.74, 6) is -0.439. The van der Waals surface area contributed by atoms with E-state index in [1.54, 1.807) is 0 Å². The van der Waals surface area contributed by atoms with E-state index in [1.807, 2.05) is 53.6 Å². The van der Waals surface area contributed by atoms with Crippen LogP contribution < -0.4 is 4.90 Å². The maximum absolute atomic E-state index is 13.1. The summed E-state index contributed by atoms with van der Waals surface area (Å²) in [6.07, 6.45) is 3.70. The van der Waals surface area contributed by atoms with Crippen LogP contribution in [0.5, 0.6) is 0 Å². The molecule has 0 saturated carbocycles. The lowest BCUT2D eigenvalue weighted by Gasteiger charge is -2.37. The molecule has 1 amide bonds. The highest BCUT2D eigenvalue weighted by molar-refractivity contribution is 6.63. The molecule has 1 atom stereocenters. The van der Waals surface area contributed by atoms with Crippen LogP contribution in [0.15, 0.2) is 48.7 Å². The minimum absolute atomic E-state index is 0.00776. The van der Waals surface area contributed by atoms with Crippen molar-refractivity contribution in [3.8, 4) is 0 Å². The number of anilines is 1. The second kappa shape index (κ2) is 7.79. The number of amides is 1. The van der Waals surface area contributed by atoms with Gasteiger partial charge in [-0.15, -0.1) is 0 Å². The number of benzene rings is 1. The maximum atomic E-state index is 13.1. The fourth-order valence-corrected chi connectivity index (χ4v) is 4.37. The zero-order valence-corrected chi connectivity index (χ0v) is 15.8. The Kier molecular flexibility index (Phi) is 5.23. The number of likely N-dealkylation sites (tertiary alicyclic amines) is 1. The molecular weight excluding hydrogens is 362 g/mol. The van der Waals surface area contributed by atoms with Crippen molar-refractivity contribution in [1.82, 2.24) is 9.88 Å². The number of carbonyl (C=O) groups excluding carboxylic acids is 2. The van der Waals surface area contributed by atoms with Gasteiger partial charge in [-0.2, -0.15) is 0 Å². The first kappa shape index (κ1) is 18.1. The van der Waals surface area contributed by atoms with E-state index in [0.717, 1.165) is 49.4 Å². The second-order valence-corrected chi connectivity index (χ2v) is 7.63. The van der Waals surface area contributed by atoms with Crippen molar-refractivity contribution in [2.45, 2.75) is 37.8 Å². The van der Waals surface area contributed by atoms with Gasteiger partial charge in [-0.05, 0) is 48.2 Å². The fraction of sp³-hybridized carbons (Fsp3) is 0.381. The van der Waals surface area contributed by atoms with Crippen LogP contribution in [-0.4, -0.2) is 40.2 Å². The Morgan fingerprint density at radius 2 is 1.85 bits per heavy atom. The molecule has 2 aliphatic heterocycles. The number of aromatic nitrogens is 1. The average Bonchev–Trinajstić information content (AvgIpc) is 2.95. The highest BCUT2D eigenvalue weighted by Crippen LogP contribution is 2.42. The molecular formula is C21H22ClN3O2. The van der Waals surface area contributed by atoms with E-state index in [2.05, 4.69) is 9.88 Å². The molecule has 0 radical (unpaired) electrons. The molecule has 27 heavy (non-hydrogen) atoms. The molecule has 5 nitrogen and oxygen atoms in total. The summed E-state index contributed by atoms with van der Waals surface area (Å²) < 4.78 is 0. The first-order valence-electron chi connectivity index (χ1n) is 9.36. The summed E-state index contributed by atoms with van der Waals surface area (Å²) in [5, 5.41) is -0.463. The van der Waals surface area contributed by atoms with Crippen LogP contribution in [0.25, 0.3) is 0 Å². The zero-order chi connectivity index (χ0) is 18.8. The predicted molar refractivity (Wildman–Crippen MR) is 105 cm³/mol. The first-order valence-corrected chi connectivity index (χ1v) is 9.74. The van der Waals surface area contributed by atoms with Crippen molar-refractivity contribution in [2.75, 3.05) is 18.0 Å². The first-order chi connectivity index (χ1) is 13.1. The van der Waals surface area contributed by atoms with Crippen LogP contribution in [0.1, 0.15) is 36.4 Å². The zero-order valence-electron chi connectivity index (χ0n) is 15.1. The number of carbonyl (C=O) groups is 2. The van der Waals surface area contributed by atoms with Gasteiger partial charge in [0.1, 0.15) is 0 Å². The van der Waals surface area contributed by atoms with Gasteiger partial charge in [-0.25, -0.2) is 0 Å². The summed E-state index contributed by atoms with van der Waals surface area (Å²) in [6.45, 7) is 2.68. The van der Waals surface area contributed by atoms with Gasteiger partial charge in [0.05, 0.1) is 11.6 Å². The van der Waals surface area contributed by atoms with E-state index in [9.17, 15) is 9.59 Å². The van der Waals surface area contributed by atoms with E-state index in [4.69, 9.17) is 11.6 Å². The molecule has 1 unspecified atom stereocenters. The number of hydrogen-bond donors (Lipinski definition) is 0. The topological polar surface area (TPSA) is 53.5 Å². The second-order valence-electron chi connectivity index (χ2n) is 7.21. The highest BCUT2D eigenvalue weighted by Gasteiger charge is 2.41. The molecule has 140 valence electrons. The van der Waals surface area contributed by atoms with Crippen molar-refractivity contribution in [1.29, 1.82) is 0 Å². The van der Waals surface area contributed by atoms with E-state index >= 15 is 0 Å². The van der Waals surface area contributed by atoms with Gasteiger partial charge in [0.25, 0.3) is 0 Å². The molecule has 6 heteroatoms. The fourth-order valence-electron chi connectivity index (χ4n) is 4.21. The smallest absolute Gasteiger partial charge is 0.235 e. The van der Waals surface area contributed by atoms with Gasteiger partial charge in [0, 0.05) is 44.0 Å².